The van der Waals surface area contributed by atoms with Gasteiger partial charge in [-0.25, -0.2) is 0 Å². The minimum Gasteiger partial charge on any atom is -0.399 e. The van der Waals surface area contributed by atoms with E-state index in [2.05, 4.69) is 75.9 Å². The molecule has 0 N–H and O–H groups in total. The largest absolute Gasteiger partial charge is 0.494 e. The number of hydrogen-bond donors (Lipinski definition) is 0. The van der Waals surface area contributed by atoms with Crippen LogP contribution >= 0.6 is 0 Å². The molecule has 3 rings (SSSR count). The predicted molar refractivity (Wildman–Crippen MR) is 99.5 cm³/mol. The Morgan fingerprint density at radius 1 is 1.08 bits per heavy atom. The van der Waals surface area contributed by atoms with Gasteiger partial charge in [-0.15, -0.1) is 0 Å². The van der Waals surface area contributed by atoms with Crippen molar-refractivity contribution in [2.24, 2.45) is 0 Å². The van der Waals surface area contributed by atoms with Crippen LogP contribution in [-0.4, -0.2) is 61.3 Å². The number of likely N-dealkylation sites (N-methyl/N-ethyl adjacent to an activating group) is 1. The minimum absolute atomic E-state index is 0.269. The van der Waals surface area contributed by atoms with Crippen molar-refractivity contribution in [2.75, 3.05) is 27.2 Å². The van der Waals surface area contributed by atoms with Crippen LogP contribution in [0, 0.1) is 0 Å². The quantitative estimate of drug-likeness (QED) is 0.790. The van der Waals surface area contributed by atoms with Gasteiger partial charge in [0, 0.05) is 25.7 Å². The first kappa shape index (κ1) is 17.9. The van der Waals surface area contributed by atoms with Crippen LogP contribution in [0.5, 0.6) is 0 Å². The lowest BCUT2D eigenvalue weighted by molar-refractivity contribution is 0.00578. The van der Waals surface area contributed by atoms with Crippen LogP contribution in [0.1, 0.15) is 39.7 Å². The first-order valence-corrected chi connectivity index (χ1v) is 9.01. The van der Waals surface area contributed by atoms with Gasteiger partial charge in [-0.2, -0.15) is 0 Å². The molecule has 1 atom stereocenters. The van der Waals surface area contributed by atoms with Gasteiger partial charge < -0.3 is 14.2 Å². The molecule has 0 aromatic heterocycles. The lowest BCUT2D eigenvalue weighted by atomic mass is 9.79. The first-order valence-electron chi connectivity index (χ1n) is 9.01. The second kappa shape index (κ2) is 6.45. The summed E-state index contributed by atoms with van der Waals surface area (Å²) < 4.78 is 12.3. The maximum absolute atomic E-state index is 6.13. The van der Waals surface area contributed by atoms with Gasteiger partial charge >= 0.3 is 7.12 Å². The average molecular weight is 330 g/mol. The van der Waals surface area contributed by atoms with Gasteiger partial charge in [0.1, 0.15) is 0 Å². The van der Waals surface area contributed by atoms with Gasteiger partial charge in [0.05, 0.1) is 11.2 Å². The highest BCUT2D eigenvalue weighted by Crippen LogP contribution is 2.36. The molecule has 2 fully saturated rings. The Balaban J connectivity index is 1.61. The maximum Gasteiger partial charge on any atom is 0.494 e. The first-order chi connectivity index (χ1) is 11.2. The van der Waals surface area contributed by atoms with E-state index in [1.807, 2.05) is 0 Å². The van der Waals surface area contributed by atoms with Crippen LogP contribution in [0.4, 0.5) is 0 Å². The Morgan fingerprint density at radius 2 is 1.67 bits per heavy atom. The van der Waals surface area contributed by atoms with Gasteiger partial charge in [-0.05, 0) is 59.2 Å². The number of nitrogens with zero attached hydrogens (tertiary/aromatic N) is 2. The molecule has 2 saturated heterocycles. The number of benzene rings is 1. The van der Waals surface area contributed by atoms with Crippen molar-refractivity contribution < 1.29 is 9.31 Å². The number of rotatable bonds is 4. The van der Waals surface area contributed by atoms with E-state index >= 15 is 0 Å². The fourth-order valence-corrected chi connectivity index (χ4v) is 3.39. The van der Waals surface area contributed by atoms with Crippen LogP contribution in [0.15, 0.2) is 24.3 Å². The molecule has 1 unspecified atom stereocenters. The smallest absolute Gasteiger partial charge is 0.399 e. The predicted octanol–water partition coefficient (Wildman–Crippen LogP) is 2.12. The van der Waals surface area contributed by atoms with E-state index in [4.69, 9.17) is 9.31 Å². The molecule has 0 saturated carbocycles. The van der Waals surface area contributed by atoms with Crippen LogP contribution in [-0.2, 0) is 15.9 Å². The lowest BCUT2D eigenvalue weighted by Crippen LogP contribution is -2.41. The van der Waals surface area contributed by atoms with Gasteiger partial charge in [0.25, 0.3) is 0 Å². The third-order valence-corrected chi connectivity index (χ3v) is 5.89. The summed E-state index contributed by atoms with van der Waals surface area (Å²) in [5, 5.41) is 0. The Bertz CT molecular complexity index is 555. The van der Waals surface area contributed by atoms with Gasteiger partial charge in [0.2, 0.25) is 0 Å². The van der Waals surface area contributed by atoms with Crippen molar-refractivity contribution in [1.82, 2.24) is 9.80 Å². The van der Waals surface area contributed by atoms with Crippen LogP contribution < -0.4 is 5.46 Å². The summed E-state index contributed by atoms with van der Waals surface area (Å²) >= 11 is 0. The molecule has 2 aliphatic rings. The van der Waals surface area contributed by atoms with Crippen LogP contribution in [0.2, 0.25) is 0 Å². The average Bonchev–Trinajstić information content (AvgIpc) is 3.03. The van der Waals surface area contributed by atoms with E-state index < -0.39 is 0 Å². The number of hydrogen-bond acceptors (Lipinski definition) is 4. The van der Waals surface area contributed by atoms with E-state index in [1.165, 1.54) is 18.5 Å². The second-order valence-corrected chi connectivity index (χ2v) is 8.47. The standard InChI is InChI=1S/C19H31BN2O2/c1-18(2)19(3,4)24-20(23-18)16-9-7-15(8-10-16)13-22-12-11-17(14-22)21(5)6/h7-10,17H,11-14H2,1-6H3. The summed E-state index contributed by atoms with van der Waals surface area (Å²) in [6, 6.07) is 9.41. The SMILES string of the molecule is CN(C)C1CCN(Cc2ccc(B3OC(C)(C)C(C)(C)O3)cc2)C1. The zero-order valence-electron chi connectivity index (χ0n) is 16.0. The van der Waals surface area contributed by atoms with E-state index in [0.717, 1.165) is 18.6 Å². The maximum atomic E-state index is 6.13. The van der Waals surface area contributed by atoms with Gasteiger partial charge in [0.15, 0.2) is 0 Å². The molecule has 0 radical (unpaired) electrons. The highest BCUT2D eigenvalue weighted by Gasteiger charge is 2.51. The molecule has 24 heavy (non-hydrogen) atoms. The van der Waals surface area contributed by atoms with Crippen molar-refractivity contribution in [1.29, 1.82) is 0 Å². The molecule has 0 bridgehead atoms. The summed E-state index contributed by atoms with van der Waals surface area (Å²) in [6.45, 7) is 11.7. The van der Waals surface area contributed by atoms with E-state index in [0.29, 0.717) is 6.04 Å². The van der Waals surface area contributed by atoms with Gasteiger partial charge in [-0.1, -0.05) is 24.3 Å². The molecule has 0 spiro atoms. The van der Waals surface area contributed by atoms with Crippen molar-refractivity contribution in [2.45, 2.75) is 57.9 Å². The van der Waals surface area contributed by atoms with Crippen molar-refractivity contribution in [3.63, 3.8) is 0 Å². The highest BCUT2D eigenvalue weighted by atomic mass is 16.7. The molecule has 4 nitrogen and oxygen atoms in total. The van der Waals surface area contributed by atoms with E-state index in [1.54, 1.807) is 0 Å². The normalized spacial score (nSPS) is 26.5. The zero-order chi connectivity index (χ0) is 17.5. The highest BCUT2D eigenvalue weighted by molar-refractivity contribution is 6.62. The number of likely N-dealkylation sites (tertiary alicyclic amines) is 1. The van der Waals surface area contributed by atoms with Crippen molar-refractivity contribution >= 4 is 12.6 Å². The molecular formula is C19H31BN2O2. The Hall–Kier alpha value is -0.875. The molecular weight excluding hydrogens is 299 g/mol. The second-order valence-electron chi connectivity index (χ2n) is 8.47. The summed E-state index contributed by atoms with van der Waals surface area (Å²) in [7, 11) is 4.08. The van der Waals surface area contributed by atoms with Gasteiger partial charge in [-0.3, -0.25) is 4.90 Å². The third-order valence-electron chi connectivity index (χ3n) is 5.89. The van der Waals surface area contributed by atoms with Crippen LogP contribution in [0.25, 0.3) is 0 Å². The fraction of sp³-hybridized carbons (Fsp3) is 0.684. The fourth-order valence-electron chi connectivity index (χ4n) is 3.39. The summed E-state index contributed by atoms with van der Waals surface area (Å²) in [6.07, 6.45) is 1.26. The summed E-state index contributed by atoms with van der Waals surface area (Å²) in [4.78, 5) is 4.87. The minimum atomic E-state index is -0.285. The van der Waals surface area contributed by atoms with E-state index in [9.17, 15) is 0 Å². The molecule has 2 aliphatic heterocycles. The molecule has 1 aromatic rings. The molecule has 132 valence electrons. The molecule has 5 heteroatoms. The summed E-state index contributed by atoms with van der Waals surface area (Å²) in [5.41, 5.74) is 1.89. The van der Waals surface area contributed by atoms with Crippen LogP contribution in [0.3, 0.4) is 0 Å². The third kappa shape index (κ3) is 3.55. The Morgan fingerprint density at radius 3 is 2.17 bits per heavy atom. The topological polar surface area (TPSA) is 24.9 Å². The van der Waals surface area contributed by atoms with E-state index in [-0.39, 0.29) is 18.3 Å². The Labute approximate surface area is 147 Å². The zero-order valence-corrected chi connectivity index (χ0v) is 16.0. The molecule has 0 amide bonds. The lowest BCUT2D eigenvalue weighted by Gasteiger charge is -2.32. The monoisotopic (exact) mass is 330 g/mol. The molecule has 0 aliphatic carbocycles. The molecule has 1 aromatic carbocycles. The van der Waals surface area contributed by atoms with Crippen molar-refractivity contribution in [3.05, 3.63) is 29.8 Å². The summed E-state index contributed by atoms with van der Waals surface area (Å²) in [5.74, 6) is 0. The molecule has 2 heterocycles. The Kier molecular flexibility index (Phi) is 4.82. The van der Waals surface area contributed by atoms with Crippen molar-refractivity contribution in [3.8, 4) is 0 Å².